The highest BCUT2D eigenvalue weighted by Crippen LogP contribution is 2.26. The molecule has 0 atom stereocenters. The van der Waals surface area contributed by atoms with Crippen LogP contribution in [0.3, 0.4) is 0 Å². The van der Waals surface area contributed by atoms with Crippen LogP contribution in [0.25, 0.3) is 27.9 Å². The first kappa shape index (κ1) is 11.4. The second-order valence-corrected chi connectivity index (χ2v) is 4.19. The molecule has 2 N–H and O–H groups in total. The van der Waals surface area contributed by atoms with Crippen molar-refractivity contribution >= 4 is 16.5 Å². The Kier molecular flexibility index (Phi) is 2.72. The standard InChI is InChI=1S/C14H13N5/c1-3-4-9(2)13-11-7-10(14-15-8-16-19-14)5-6-12(11)17-18-13/h3-8H,2H2,1H3,(H,17,18)(H,15,16,19)/b4-3-. The molecule has 0 spiro atoms. The maximum absolute atomic E-state index is 4.31. The van der Waals surface area contributed by atoms with E-state index in [1.54, 1.807) is 0 Å². The van der Waals surface area contributed by atoms with Crippen LogP contribution < -0.4 is 0 Å². The first-order valence-electron chi connectivity index (χ1n) is 5.95. The van der Waals surface area contributed by atoms with Crippen molar-refractivity contribution in [1.82, 2.24) is 25.4 Å². The van der Waals surface area contributed by atoms with Crippen LogP contribution in [0, 0.1) is 0 Å². The van der Waals surface area contributed by atoms with E-state index in [-0.39, 0.29) is 0 Å². The lowest BCUT2D eigenvalue weighted by molar-refractivity contribution is 1.10. The van der Waals surface area contributed by atoms with E-state index in [0.29, 0.717) is 0 Å². The van der Waals surface area contributed by atoms with E-state index in [2.05, 4.69) is 32.0 Å². The Hall–Kier alpha value is -2.69. The Morgan fingerprint density at radius 2 is 2.21 bits per heavy atom. The summed E-state index contributed by atoms with van der Waals surface area (Å²) in [6.45, 7) is 5.98. The third-order valence-corrected chi connectivity index (χ3v) is 2.92. The second kappa shape index (κ2) is 4.53. The van der Waals surface area contributed by atoms with Crippen LogP contribution in [-0.4, -0.2) is 25.4 Å². The van der Waals surface area contributed by atoms with E-state index < -0.39 is 0 Å². The summed E-state index contributed by atoms with van der Waals surface area (Å²) in [5, 5.41) is 15.1. The van der Waals surface area contributed by atoms with Crippen LogP contribution in [-0.2, 0) is 0 Å². The minimum Gasteiger partial charge on any atom is -0.277 e. The minimum atomic E-state index is 0.741. The molecule has 0 unspecified atom stereocenters. The molecule has 0 aliphatic carbocycles. The Morgan fingerprint density at radius 1 is 1.32 bits per heavy atom. The topological polar surface area (TPSA) is 70.2 Å². The van der Waals surface area contributed by atoms with Crippen molar-refractivity contribution < 1.29 is 0 Å². The molecule has 0 radical (unpaired) electrons. The number of H-pyrrole nitrogens is 2. The lowest BCUT2D eigenvalue weighted by Crippen LogP contribution is -1.83. The van der Waals surface area contributed by atoms with E-state index in [4.69, 9.17) is 0 Å². The average molecular weight is 251 g/mol. The first-order valence-corrected chi connectivity index (χ1v) is 5.95. The molecule has 0 amide bonds. The van der Waals surface area contributed by atoms with Gasteiger partial charge in [0.25, 0.3) is 0 Å². The number of hydrogen-bond donors (Lipinski definition) is 2. The highest BCUT2D eigenvalue weighted by Gasteiger charge is 2.09. The lowest BCUT2D eigenvalue weighted by Gasteiger charge is -1.99. The van der Waals surface area contributed by atoms with Crippen LogP contribution in [0.2, 0.25) is 0 Å². The number of rotatable bonds is 3. The number of nitrogens with zero attached hydrogens (tertiary/aromatic N) is 3. The molecule has 1 aromatic carbocycles. The molecule has 0 saturated heterocycles. The van der Waals surface area contributed by atoms with E-state index in [1.807, 2.05) is 37.3 Å². The number of fused-ring (bicyclic) bond motifs is 1. The molecule has 3 aromatic rings. The van der Waals surface area contributed by atoms with Gasteiger partial charge in [0.15, 0.2) is 5.82 Å². The van der Waals surface area contributed by atoms with Crippen molar-refractivity contribution in [3.63, 3.8) is 0 Å². The van der Waals surface area contributed by atoms with Gasteiger partial charge in [-0.2, -0.15) is 10.2 Å². The number of allylic oxidation sites excluding steroid dienone is 3. The van der Waals surface area contributed by atoms with Crippen molar-refractivity contribution in [2.75, 3.05) is 0 Å². The smallest absolute Gasteiger partial charge is 0.155 e. The maximum atomic E-state index is 4.31. The van der Waals surface area contributed by atoms with Crippen molar-refractivity contribution in [1.29, 1.82) is 0 Å². The molecule has 0 fully saturated rings. The zero-order valence-electron chi connectivity index (χ0n) is 10.5. The molecule has 0 bridgehead atoms. The highest BCUT2D eigenvalue weighted by molar-refractivity contribution is 5.94. The Labute approximate surface area is 110 Å². The fourth-order valence-electron chi connectivity index (χ4n) is 2.03. The Morgan fingerprint density at radius 3 is 2.95 bits per heavy atom. The van der Waals surface area contributed by atoms with Gasteiger partial charge in [-0.05, 0) is 30.7 Å². The summed E-state index contributed by atoms with van der Waals surface area (Å²) in [4.78, 5) is 4.15. The largest absolute Gasteiger partial charge is 0.277 e. The third kappa shape index (κ3) is 1.95. The summed E-state index contributed by atoms with van der Waals surface area (Å²) in [5.74, 6) is 0.741. The molecule has 0 saturated carbocycles. The van der Waals surface area contributed by atoms with Gasteiger partial charge in [-0.3, -0.25) is 10.2 Å². The molecule has 0 aliphatic heterocycles. The van der Waals surface area contributed by atoms with Crippen LogP contribution >= 0.6 is 0 Å². The minimum absolute atomic E-state index is 0.741. The maximum Gasteiger partial charge on any atom is 0.155 e. The number of nitrogens with one attached hydrogen (secondary N) is 2. The molecule has 0 aliphatic rings. The summed E-state index contributed by atoms with van der Waals surface area (Å²) < 4.78 is 0. The number of aromatic amines is 2. The van der Waals surface area contributed by atoms with Gasteiger partial charge < -0.3 is 0 Å². The van der Waals surface area contributed by atoms with Crippen LogP contribution in [0.1, 0.15) is 12.6 Å². The fraction of sp³-hybridized carbons (Fsp3) is 0.0714. The zero-order valence-corrected chi connectivity index (χ0v) is 10.5. The third-order valence-electron chi connectivity index (χ3n) is 2.92. The molecule has 5 heteroatoms. The SMILES string of the molecule is C=C(/C=C\C)c1n[nH]c2ccc(-c3ncn[nH]3)cc12. The van der Waals surface area contributed by atoms with Gasteiger partial charge >= 0.3 is 0 Å². The fourth-order valence-corrected chi connectivity index (χ4v) is 2.03. The van der Waals surface area contributed by atoms with Gasteiger partial charge in [-0.15, -0.1) is 0 Å². The van der Waals surface area contributed by atoms with E-state index >= 15 is 0 Å². The molecule has 2 aromatic heterocycles. The Balaban J connectivity index is 2.16. The van der Waals surface area contributed by atoms with Crippen LogP contribution in [0.5, 0.6) is 0 Å². The van der Waals surface area contributed by atoms with Gasteiger partial charge in [0.05, 0.1) is 11.2 Å². The normalized spacial score (nSPS) is 11.4. The highest BCUT2D eigenvalue weighted by atomic mass is 15.2. The van der Waals surface area contributed by atoms with E-state index in [9.17, 15) is 0 Å². The molecular formula is C14H13N5. The summed E-state index contributed by atoms with van der Waals surface area (Å²) in [5.41, 5.74) is 3.68. The average Bonchev–Trinajstić information content (AvgIpc) is 3.07. The van der Waals surface area contributed by atoms with Crippen molar-refractivity contribution in [3.05, 3.63) is 49.0 Å². The predicted molar refractivity (Wildman–Crippen MR) is 75.3 cm³/mol. The molecular weight excluding hydrogens is 238 g/mol. The van der Waals surface area contributed by atoms with Gasteiger partial charge in [0.2, 0.25) is 0 Å². The van der Waals surface area contributed by atoms with E-state index in [1.165, 1.54) is 6.33 Å². The van der Waals surface area contributed by atoms with Gasteiger partial charge in [0, 0.05) is 10.9 Å². The van der Waals surface area contributed by atoms with Crippen molar-refractivity contribution in [3.8, 4) is 11.4 Å². The zero-order chi connectivity index (χ0) is 13.2. The molecule has 2 heterocycles. The van der Waals surface area contributed by atoms with Gasteiger partial charge in [-0.1, -0.05) is 18.7 Å². The van der Waals surface area contributed by atoms with Crippen LogP contribution in [0.15, 0.2) is 43.3 Å². The Bertz CT molecular complexity index is 749. The number of hydrogen-bond acceptors (Lipinski definition) is 3. The monoisotopic (exact) mass is 251 g/mol. The number of aromatic nitrogens is 5. The van der Waals surface area contributed by atoms with Gasteiger partial charge in [0.1, 0.15) is 6.33 Å². The van der Waals surface area contributed by atoms with Crippen LogP contribution in [0.4, 0.5) is 0 Å². The molecule has 94 valence electrons. The van der Waals surface area contributed by atoms with Crippen molar-refractivity contribution in [2.24, 2.45) is 0 Å². The molecule has 3 rings (SSSR count). The van der Waals surface area contributed by atoms with Gasteiger partial charge in [-0.25, -0.2) is 4.98 Å². The lowest BCUT2D eigenvalue weighted by atomic mass is 10.1. The summed E-state index contributed by atoms with van der Waals surface area (Å²) >= 11 is 0. The van der Waals surface area contributed by atoms with Crippen molar-refractivity contribution in [2.45, 2.75) is 6.92 Å². The summed E-state index contributed by atoms with van der Waals surface area (Å²) in [6, 6.07) is 5.99. The molecule has 5 nitrogen and oxygen atoms in total. The second-order valence-electron chi connectivity index (χ2n) is 4.19. The predicted octanol–water partition coefficient (Wildman–Crippen LogP) is 2.94. The van der Waals surface area contributed by atoms with E-state index in [0.717, 1.165) is 33.6 Å². The number of benzene rings is 1. The quantitative estimate of drug-likeness (QED) is 0.703. The molecule has 19 heavy (non-hydrogen) atoms. The first-order chi connectivity index (χ1) is 9.29. The summed E-state index contributed by atoms with van der Waals surface area (Å²) in [6.07, 6.45) is 5.38. The summed E-state index contributed by atoms with van der Waals surface area (Å²) in [7, 11) is 0.